The molecule has 31 heavy (non-hydrogen) atoms. The summed E-state index contributed by atoms with van der Waals surface area (Å²) in [4.78, 5) is 28.1. The van der Waals surface area contributed by atoms with Gasteiger partial charge in [-0.05, 0) is 43.2 Å². The summed E-state index contributed by atoms with van der Waals surface area (Å²) >= 11 is 0. The van der Waals surface area contributed by atoms with Crippen LogP contribution in [-0.2, 0) is 0 Å². The molecule has 4 aromatic heterocycles. The number of fused-ring (bicyclic) bond motifs is 2. The highest BCUT2D eigenvalue weighted by molar-refractivity contribution is 5.82. The Hall–Kier alpha value is -4.07. The van der Waals surface area contributed by atoms with Crippen LogP contribution in [0.2, 0.25) is 0 Å². The molecule has 1 aromatic carbocycles. The Morgan fingerprint density at radius 3 is 2.71 bits per heavy atom. The third-order valence-corrected chi connectivity index (χ3v) is 5.36. The van der Waals surface area contributed by atoms with E-state index in [1.807, 2.05) is 68.4 Å². The first-order chi connectivity index (χ1) is 15.0. The molecule has 0 amide bonds. The molecule has 2 N–H and O–H groups in total. The van der Waals surface area contributed by atoms with Crippen molar-refractivity contribution in [3.8, 4) is 11.1 Å². The van der Waals surface area contributed by atoms with Crippen LogP contribution in [-0.4, -0.2) is 24.3 Å². The highest BCUT2D eigenvalue weighted by atomic mass is 19.1. The number of imidazole rings is 1. The molecule has 0 spiro atoms. The van der Waals surface area contributed by atoms with Crippen LogP contribution >= 0.6 is 0 Å². The average Bonchev–Trinajstić information content (AvgIpc) is 3.22. The molecule has 0 saturated carbocycles. The van der Waals surface area contributed by atoms with E-state index in [1.54, 1.807) is 4.40 Å². The molecule has 0 saturated heterocycles. The minimum absolute atomic E-state index is 0.106. The Kier molecular flexibility index (Phi) is 4.47. The summed E-state index contributed by atoms with van der Waals surface area (Å²) < 4.78 is 15.6. The van der Waals surface area contributed by atoms with Crippen LogP contribution in [0.1, 0.15) is 24.2 Å². The van der Waals surface area contributed by atoms with Crippen LogP contribution in [0.25, 0.3) is 27.8 Å². The molecule has 154 valence electrons. The summed E-state index contributed by atoms with van der Waals surface area (Å²) in [6.07, 6.45) is 0.571. The lowest BCUT2D eigenvalue weighted by molar-refractivity contribution is 0.544. The Balaban J connectivity index is 1.71. The molecular weight excluding hydrogens is 395 g/mol. The lowest BCUT2D eigenvalue weighted by Crippen LogP contribution is -2.22. The van der Waals surface area contributed by atoms with Gasteiger partial charge in [0.2, 0.25) is 0 Å². The van der Waals surface area contributed by atoms with E-state index in [4.69, 9.17) is 0 Å². The number of pyridine rings is 2. The number of hydrogen-bond donors (Lipinski definition) is 2. The maximum Gasteiger partial charge on any atom is 0.312 e. The Morgan fingerprint density at radius 1 is 1.10 bits per heavy atom. The van der Waals surface area contributed by atoms with Gasteiger partial charge < -0.3 is 10.3 Å². The van der Waals surface area contributed by atoms with Crippen molar-refractivity contribution >= 4 is 22.5 Å². The molecule has 0 aliphatic heterocycles. The first kappa shape index (κ1) is 18.9. The molecule has 0 bridgehead atoms. The third kappa shape index (κ3) is 3.22. The quantitative estimate of drug-likeness (QED) is 0.429. The van der Waals surface area contributed by atoms with Gasteiger partial charge in [-0.25, -0.2) is 4.98 Å². The number of hydrogen-bond acceptors (Lipinski definition) is 5. The molecule has 0 aliphatic rings. The number of aromatic amines is 1. The van der Waals surface area contributed by atoms with Crippen LogP contribution in [0.15, 0.2) is 65.7 Å². The number of rotatable bonds is 4. The van der Waals surface area contributed by atoms with Gasteiger partial charge in [-0.2, -0.15) is 14.4 Å². The van der Waals surface area contributed by atoms with Crippen molar-refractivity contribution in [1.82, 2.24) is 24.3 Å². The van der Waals surface area contributed by atoms with Gasteiger partial charge in [0, 0.05) is 11.2 Å². The van der Waals surface area contributed by atoms with E-state index in [9.17, 15) is 9.18 Å². The zero-order valence-corrected chi connectivity index (χ0v) is 16.9. The first-order valence-electron chi connectivity index (χ1n) is 9.87. The van der Waals surface area contributed by atoms with Gasteiger partial charge in [-0.15, -0.1) is 0 Å². The Labute approximate surface area is 176 Å². The summed E-state index contributed by atoms with van der Waals surface area (Å²) in [7, 11) is 0. The fraction of sp³-hybridized carbons (Fsp3) is 0.130. The predicted octanol–water partition coefficient (Wildman–Crippen LogP) is 4.25. The monoisotopic (exact) mass is 414 g/mol. The minimum Gasteiger partial charge on any atom is -0.362 e. The zero-order valence-electron chi connectivity index (χ0n) is 16.9. The van der Waals surface area contributed by atoms with Crippen LogP contribution in [0.4, 0.5) is 10.2 Å². The van der Waals surface area contributed by atoms with Crippen molar-refractivity contribution in [1.29, 1.82) is 0 Å². The minimum atomic E-state index is -0.869. The van der Waals surface area contributed by atoms with Crippen LogP contribution in [0.5, 0.6) is 0 Å². The Morgan fingerprint density at radius 2 is 1.90 bits per heavy atom. The largest absolute Gasteiger partial charge is 0.362 e. The number of H-pyrrole nitrogens is 1. The van der Waals surface area contributed by atoms with Gasteiger partial charge in [0.15, 0.2) is 11.5 Å². The average molecular weight is 414 g/mol. The number of aryl methyl sites for hydroxylation is 1. The van der Waals surface area contributed by atoms with Gasteiger partial charge in [-0.1, -0.05) is 36.4 Å². The lowest BCUT2D eigenvalue weighted by Gasteiger charge is -2.20. The van der Waals surface area contributed by atoms with E-state index in [0.29, 0.717) is 11.1 Å². The van der Waals surface area contributed by atoms with Crippen molar-refractivity contribution in [2.45, 2.75) is 19.9 Å². The van der Waals surface area contributed by atoms with E-state index in [0.717, 1.165) is 22.3 Å². The maximum atomic E-state index is 13.9. The third-order valence-electron chi connectivity index (χ3n) is 5.36. The number of halogens is 1. The van der Waals surface area contributed by atoms with Crippen LogP contribution in [0, 0.1) is 13.0 Å². The van der Waals surface area contributed by atoms with E-state index in [2.05, 4.69) is 25.3 Å². The number of nitrogens with zero attached hydrogens (tertiary/aromatic N) is 4. The van der Waals surface area contributed by atoms with E-state index in [-0.39, 0.29) is 23.1 Å². The molecule has 5 rings (SSSR count). The number of nitrogens with one attached hydrogen (secondary N) is 2. The van der Waals surface area contributed by atoms with E-state index < -0.39 is 6.08 Å². The highest BCUT2D eigenvalue weighted by Crippen LogP contribution is 2.30. The van der Waals surface area contributed by atoms with Crippen molar-refractivity contribution in [3.05, 3.63) is 88.6 Å². The SMILES string of the molecule is Cc1cccc2cc([C@@H](C)Nc3nc(F)nc4nc[nH]c34)c(-c3ccccc3)c(=O)n12. The lowest BCUT2D eigenvalue weighted by atomic mass is 9.96. The summed E-state index contributed by atoms with van der Waals surface area (Å²) in [5, 5.41) is 3.23. The van der Waals surface area contributed by atoms with Gasteiger partial charge in [0.25, 0.3) is 5.56 Å². The molecule has 5 aromatic rings. The molecule has 0 aliphatic carbocycles. The molecule has 4 heterocycles. The second-order valence-electron chi connectivity index (χ2n) is 7.38. The molecule has 7 nitrogen and oxygen atoms in total. The molecule has 0 fully saturated rings. The molecule has 1 atom stereocenters. The standard InChI is InChI=1S/C23H19FN6O/c1-13-7-6-10-16-11-17(18(22(31)30(13)16)15-8-4-3-5-9-15)14(2)27-21-19-20(26-12-25-19)28-23(24)29-21/h3-12,14H,1-2H3,(H2,25,26,27,28,29)/t14-/m1/s1. The summed E-state index contributed by atoms with van der Waals surface area (Å²) in [5.74, 6) is 0.288. The summed E-state index contributed by atoms with van der Waals surface area (Å²) in [6.45, 7) is 3.82. The van der Waals surface area contributed by atoms with Crippen LogP contribution in [0.3, 0.4) is 0 Å². The van der Waals surface area contributed by atoms with Crippen molar-refractivity contribution in [2.75, 3.05) is 5.32 Å². The fourth-order valence-corrected chi connectivity index (χ4v) is 3.93. The molecular formula is C23H19FN6O. The summed E-state index contributed by atoms with van der Waals surface area (Å²) in [5.41, 5.74) is 4.46. The van der Waals surface area contributed by atoms with Crippen molar-refractivity contribution in [2.24, 2.45) is 0 Å². The summed E-state index contributed by atoms with van der Waals surface area (Å²) in [6, 6.07) is 16.9. The second kappa shape index (κ2) is 7.32. The van der Waals surface area contributed by atoms with Gasteiger partial charge in [0.1, 0.15) is 5.52 Å². The smallest absolute Gasteiger partial charge is 0.312 e. The van der Waals surface area contributed by atoms with Crippen molar-refractivity contribution < 1.29 is 4.39 Å². The topological polar surface area (TPSA) is 88.0 Å². The van der Waals surface area contributed by atoms with Crippen LogP contribution < -0.4 is 10.9 Å². The van der Waals surface area contributed by atoms with Gasteiger partial charge >= 0.3 is 6.08 Å². The molecule has 8 heteroatoms. The molecule has 0 radical (unpaired) electrons. The fourth-order valence-electron chi connectivity index (χ4n) is 3.93. The van der Waals surface area contributed by atoms with Gasteiger partial charge in [-0.3, -0.25) is 9.20 Å². The number of anilines is 1. The number of aromatic nitrogens is 5. The normalized spacial score (nSPS) is 12.4. The second-order valence-corrected chi connectivity index (χ2v) is 7.38. The highest BCUT2D eigenvalue weighted by Gasteiger charge is 2.20. The zero-order chi connectivity index (χ0) is 21.5. The van der Waals surface area contributed by atoms with Crippen molar-refractivity contribution in [3.63, 3.8) is 0 Å². The maximum absolute atomic E-state index is 13.9. The van der Waals surface area contributed by atoms with Gasteiger partial charge in [0.05, 0.1) is 17.9 Å². The number of benzene rings is 1. The Bertz CT molecular complexity index is 1470. The first-order valence-corrected chi connectivity index (χ1v) is 9.87. The molecule has 0 unspecified atom stereocenters. The van der Waals surface area contributed by atoms with E-state index >= 15 is 0 Å². The van der Waals surface area contributed by atoms with E-state index in [1.165, 1.54) is 6.33 Å². The predicted molar refractivity (Wildman–Crippen MR) is 118 cm³/mol.